The lowest BCUT2D eigenvalue weighted by atomic mass is 9.45. The molecule has 4 saturated heterocycles. The van der Waals surface area contributed by atoms with Gasteiger partial charge in [-0.25, -0.2) is 0 Å². The average Bonchev–Trinajstić information content (AvgIpc) is 3.65. The van der Waals surface area contributed by atoms with Gasteiger partial charge in [-0.3, -0.25) is 0 Å². The Hall–Kier alpha value is -1.02. The molecule has 12 N–H and O–H groups in total. The van der Waals surface area contributed by atoms with E-state index in [-0.39, 0.29) is 47.7 Å². The summed E-state index contributed by atoms with van der Waals surface area (Å²) in [5, 5.41) is 128. The number of aliphatic hydroxyl groups excluding tert-OH is 10. The van der Waals surface area contributed by atoms with Gasteiger partial charge >= 0.3 is 0 Å². The molecular formula is C45H74O19. The molecule has 0 aromatic heterocycles. The Morgan fingerprint density at radius 1 is 0.734 bits per heavy atom. The molecule has 0 radical (unpaired) electrons. The van der Waals surface area contributed by atoms with E-state index in [4.69, 9.17) is 33.2 Å². The number of aliphatic hydroxyl groups is 12. The standard InChI is InChI=1S/C45H74O19/c1-19(18-58-39-36(54)34(52)31(49)27(16-46)61-39)8-13-45(57)20(2)29-26(64-45)15-44(56)25-7-6-22-14-23(9-11-42(22,4)24(25)10-12-43(29,44)5)60-41-38(35(53)32(50)28(17-47)62-41)63-40-37(55)33(51)30(48)21(3)59-40/h6,19-21,23-41,46-57H,7-18H2,1-5H3/t19-,20+,21+,23-,24+,25-,26+,27-,28-,29+,30+,31-,32-,33-,34+,35-,36-,37-,38-,39-,40+,41-,42-,43+,44-,45+/m1/s1. The Labute approximate surface area is 373 Å². The van der Waals surface area contributed by atoms with Crippen molar-refractivity contribution >= 4 is 0 Å². The quantitative estimate of drug-likeness (QED) is 0.0970. The maximum atomic E-state index is 13.0. The third kappa shape index (κ3) is 8.16. The lowest BCUT2D eigenvalue weighted by Gasteiger charge is -2.61. The molecule has 26 atom stereocenters. The van der Waals surface area contributed by atoms with Gasteiger partial charge in [0.2, 0.25) is 0 Å². The van der Waals surface area contributed by atoms with E-state index in [0.29, 0.717) is 38.5 Å². The molecule has 368 valence electrons. The summed E-state index contributed by atoms with van der Waals surface area (Å²) in [6.45, 7) is 8.83. The molecule has 0 unspecified atom stereocenters. The first kappa shape index (κ1) is 49.4. The molecule has 4 aliphatic heterocycles. The van der Waals surface area contributed by atoms with Crippen molar-refractivity contribution in [2.45, 2.75) is 208 Å². The zero-order chi connectivity index (χ0) is 46.4. The predicted octanol–water partition coefficient (Wildman–Crippen LogP) is -1.72. The largest absolute Gasteiger partial charge is 0.394 e. The molecule has 0 amide bonds. The van der Waals surface area contributed by atoms with E-state index < -0.39 is 128 Å². The maximum absolute atomic E-state index is 13.0. The van der Waals surface area contributed by atoms with Crippen molar-refractivity contribution in [1.29, 1.82) is 0 Å². The fourth-order valence-electron chi connectivity index (χ4n) is 13.5. The summed E-state index contributed by atoms with van der Waals surface area (Å²) in [5.41, 5.74) is -0.622. The van der Waals surface area contributed by atoms with Crippen LogP contribution in [0.2, 0.25) is 0 Å². The fraction of sp³-hybridized carbons (Fsp3) is 0.956. The zero-order valence-electron chi connectivity index (χ0n) is 37.5. The van der Waals surface area contributed by atoms with Gasteiger partial charge in [-0.15, -0.1) is 0 Å². The van der Waals surface area contributed by atoms with Crippen molar-refractivity contribution in [2.24, 2.45) is 40.4 Å². The van der Waals surface area contributed by atoms with E-state index in [1.165, 1.54) is 12.5 Å². The third-order valence-corrected chi connectivity index (χ3v) is 17.6. The van der Waals surface area contributed by atoms with Gasteiger partial charge in [0, 0.05) is 30.1 Å². The SMILES string of the molecule is C[C@H](CC[C@]1(O)O[C@H]2C[C@@]3(O)[C@@H]4CC=C5C[C@H](O[C@@H]6O[C@H](CO)[C@@H](O)[C@@H](O)[C@H]6O[C@@H]6O[C@@H](C)[C@H](O)[C@@H](O)[C@H]6O)CC[C@@]5(C)[C@H]4CC[C@@]3(C)[C@H]2[C@@H]1C)CO[C@@H]1O[C@H](CO)[C@@H](O)[C@H](O)[C@H]1O. The molecule has 0 spiro atoms. The van der Waals surface area contributed by atoms with Crippen molar-refractivity contribution in [3.05, 3.63) is 11.6 Å². The van der Waals surface area contributed by atoms with E-state index >= 15 is 0 Å². The van der Waals surface area contributed by atoms with E-state index in [9.17, 15) is 61.3 Å². The van der Waals surface area contributed by atoms with Crippen molar-refractivity contribution < 1.29 is 94.4 Å². The van der Waals surface area contributed by atoms with Gasteiger partial charge in [-0.05, 0) is 75.0 Å². The van der Waals surface area contributed by atoms with Gasteiger partial charge in [-0.1, -0.05) is 39.3 Å². The molecular weight excluding hydrogens is 844 g/mol. The molecule has 3 saturated carbocycles. The number of fused-ring (bicyclic) bond motifs is 7. The van der Waals surface area contributed by atoms with E-state index in [1.807, 2.05) is 13.8 Å². The summed E-state index contributed by atoms with van der Waals surface area (Å²) in [7, 11) is 0. The Bertz CT molecular complexity index is 1660. The first-order chi connectivity index (χ1) is 30.1. The van der Waals surface area contributed by atoms with Crippen molar-refractivity contribution in [3.8, 4) is 0 Å². The second-order valence-electron chi connectivity index (χ2n) is 21.2. The number of hydrogen-bond donors (Lipinski definition) is 12. The van der Waals surface area contributed by atoms with Crippen molar-refractivity contribution in [3.63, 3.8) is 0 Å². The summed E-state index contributed by atoms with van der Waals surface area (Å²) in [6, 6.07) is 0. The van der Waals surface area contributed by atoms with Gasteiger partial charge in [0.1, 0.15) is 67.1 Å². The first-order valence-electron chi connectivity index (χ1n) is 23.5. The molecule has 4 aliphatic carbocycles. The van der Waals surface area contributed by atoms with Crippen LogP contribution in [0.1, 0.15) is 92.4 Å². The Morgan fingerprint density at radius 3 is 2.06 bits per heavy atom. The predicted molar refractivity (Wildman–Crippen MR) is 219 cm³/mol. The van der Waals surface area contributed by atoms with Crippen LogP contribution < -0.4 is 0 Å². The molecule has 0 aromatic carbocycles. The molecule has 7 fully saturated rings. The van der Waals surface area contributed by atoms with Crippen LogP contribution in [0.5, 0.6) is 0 Å². The highest BCUT2D eigenvalue weighted by atomic mass is 16.8. The molecule has 8 aliphatic rings. The van der Waals surface area contributed by atoms with Gasteiger partial charge in [0.05, 0.1) is 43.7 Å². The molecule has 4 heterocycles. The van der Waals surface area contributed by atoms with Gasteiger partial charge in [-0.2, -0.15) is 0 Å². The van der Waals surface area contributed by atoms with Crippen LogP contribution in [0.4, 0.5) is 0 Å². The minimum Gasteiger partial charge on any atom is -0.394 e. The van der Waals surface area contributed by atoms with Gasteiger partial charge < -0.3 is 94.4 Å². The topological polar surface area (TPSA) is 307 Å². The summed E-state index contributed by atoms with van der Waals surface area (Å²) in [4.78, 5) is 0. The second-order valence-corrected chi connectivity index (χ2v) is 21.2. The summed E-state index contributed by atoms with van der Waals surface area (Å²) in [6.07, 6.45) is -14.1. The minimum absolute atomic E-state index is 0.0499. The van der Waals surface area contributed by atoms with Crippen LogP contribution >= 0.6 is 0 Å². The Morgan fingerprint density at radius 2 is 1.38 bits per heavy atom. The molecule has 64 heavy (non-hydrogen) atoms. The van der Waals surface area contributed by atoms with E-state index in [1.54, 1.807) is 0 Å². The number of hydrogen-bond acceptors (Lipinski definition) is 19. The van der Waals surface area contributed by atoms with Crippen LogP contribution in [-0.2, 0) is 33.2 Å². The highest BCUT2D eigenvalue weighted by Crippen LogP contribution is 2.71. The van der Waals surface area contributed by atoms with Gasteiger partial charge in [0.25, 0.3) is 0 Å². The normalized spacial score (nSPS) is 55.5. The lowest BCUT2D eigenvalue weighted by Crippen LogP contribution is -2.64. The van der Waals surface area contributed by atoms with Crippen LogP contribution in [0.25, 0.3) is 0 Å². The second kappa shape index (κ2) is 18.4. The number of allylic oxidation sites excluding steroid dienone is 1. The first-order valence-corrected chi connectivity index (χ1v) is 23.5. The van der Waals surface area contributed by atoms with Crippen LogP contribution in [0, 0.1) is 40.4 Å². The number of ether oxygens (including phenoxy) is 7. The molecule has 0 bridgehead atoms. The summed E-state index contributed by atoms with van der Waals surface area (Å²) < 4.78 is 41.9. The molecule has 19 nitrogen and oxygen atoms in total. The van der Waals surface area contributed by atoms with Crippen LogP contribution in [0.15, 0.2) is 11.6 Å². The highest BCUT2D eigenvalue weighted by molar-refractivity contribution is 5.29. The molecule has 0 aromatic rings. The molecule has 19 heteroatoms. The van der Waals surface area contributed by atoms with Crippen LogP contribution in [0.3, 0.4) is 0 Å². The monoisotopic (exact) mass is 918 g/mol. The van der Waals surface area contributed by atoms with Crippen molar-refractivity contribution in [1.82, 2.24) is 0 Å². The minimum atomic E-state index is -1.67. The zero-order valence-corrected chi connectivity index (χ0v) is 37.5. The summed E-state index contributed by atoms with van der Waals surface area (Å²) >= 11 is 0. The summed E-state index contributed by atoms with van der Waals surface area (Å²) in [5.74, 6) is -1.80. The van der Waals surface area contributed by atoms with Gasteiger partial charge in [0.15, 0.2) is 24.7 Å². The Balaban J connectivity index is 0.903. The Kier molecular flexibility index (Phi) is 14.2. The smallest absolute Gasteiger partial charge is 0.187 e. The lowest BCUT2D eigenvalue weighted by molar-refractivity contribution is -0.369. The van der Waals surface area contributed by atoms with Crippen LogP contribution in [-0.4, -0.2) is 197 Å². The van der Waals surface area contributed by atoms with E-state index in [0.717, 1.165) is 19.3 Å². The van der Waals surface area contributed by atoms with E-state index in [2.05, 4.69) is 19.9 Å². The number of rotatable bonds is 12. The fourth-order valence-corrected chi connectivity index (χ4v) is 13.5. The van der Waals surface area contributed by atoms with Crippen molar-refractivity contribution in [2.75, 3.05) is 19.8 Å². The highest BCUT2D eigenvalue weighted by Gasteiger charge is 2.74. The average molecular weight is 919 g/mol. The molecule has 8 rings (SSSR count). The maximum Gasteiger partial charge on any atom is 0.187 e. The third-order valence-electron chi connectivity index (χ3n) is 17.6.